The highest BCUT2D eigenvalue weighted by molar-refractivity contribution is 7.20. The highest BCUT2D eigenvalue weighted by Gasteiger charge is 2.07. The first kappa shape index (κ1) is 16.6. The van der Waals surface area contributed by atoms with E-state index in [0.29, 0.717) is 0 Å². The minimum atomic E-state index is -0.399. The van der Waals surface area contributed by atoms with Crippen molar-refractivity contribution in [3.63, 3.8) is 0 Å². The van der Waals surface area contributed by atoms with Gasteiger partial charge in [0, 0.05) is 28.6 Å². The molecule has 0 bridgehead atoms. The molecule has 0 saturated carbocycles. The topological polar surface area (TPSA) is 52.1 Å². The molecule has 3 heterocycles. The Labute approximate surface area is 158 Å². The van der Waals surface area contributed by atoms with E-state index in [2.05, 4.69) is 9.97 Å². The average molecular weight is 378 g/mol. The Bertz CT molecular complexity index is 1060. The first-order valence-corrected chi connectivity index (χ1v) is 9.72. The van der Waals surface area contributed by atoms with E-state index in [1.807, 2.05) is 53.2 Å². The molecule has 0 radical (unpaired) electrons. The number of hydrogen-bond donors (Lipinski definition) is 0. The Hall–Kier alpha value is -2.83. The molecule has 0 saturated heterocycles. The zero-order valence-electron chi connectivity index (χ0n) is 13.7. The second-order valence-corrected chi connectivity index (χ2v) is 7.29. The highest BCUT2D eigenvalue weighted by Crippen LogP contribution is 2.28. The summed E-state index contributed by atoms with van der Waals surface area (Å²) in [5.74, 6) is -0.399. The van der Waals surface area contributed by atoms with Gasteiger partial charge in [-0.1, -0.05) is 30.3 Å². The van der Waals surface area contributed by atoms with Gasteiger partial charge in [0.05, 0.1) is 16.1 Å². The maximum atomic E-state index is 12.0. The van der Waals surface area contributed by atoms with Crippen LogP contribution < -0.4 is 0 Å². The molecular formula is C20H14N2O2S2. The minimum absolute atomic E-state index is 0.166. The van der Waals surface area contributed by atoms with Crippen LogP contribution in [-0.2, 0) is 16.1 Å². The maximum absolute atomic E-state index is 12.0. The summed E-state index contributed by atoms with van der Waals surface area (Å²) in [6.07, 6.45) is 4.90. The first-order valence-electron chi connectivity index (χ1n) is 7.96. The van der Waals surface area contributed by atoms with Gasteiger partial charge in [-0.15, -0.1) is 22.7 Å². The lowest BCUT2D eigenvalue weighted by molar-refractivity contribution is -0.139. The summed E-state index contributed by atoms with van der Waals surface area (Å²) in [6.45, 7) is 0.166. The molecule has 26 heavy (non-hydrogen) atoms. The van der Waals surface area contributed by atoms with Gasteiger partial charge in [-0.3, -0.25) is 4.98 Å². The molecule has 4 nitrogen and oxygen atoms in total. The van der Waals surface area contributed by atoms with Gasteiger partial charge in [0.1, 0.15) is 11.6 Å². The molecule has 3 aromatic heterocycles. The molecule has 0 spiro atoms. The largest absolute Gasteiger partial charge is 0.456 e. The summed E-state index contributed by atoms with van der Waals surface area (Å²) >= 11 is 3.20. The van der Waals surface area contributed by atoms with Gasteiger partial charge in [0.15, 0.2) is 0 Å². The van der Waals surface area contributed by atoms with Gasteiger partial charge >= 0.3 is 5.97 Å². The van der Waals surface area contributed by atoms with Gasteiger partial charge < -0.3 is 4.74 Å². The van der Waals surface area contributed by atoms with Gasteiger partial charge in [-0.05, 0) is 23.6 Å². The number of esters is 1. The van der Waals surface area contributed by atoms with Crippen LogP contribution in [0.2, 0.25) is 0 Å². The molecule has 0 amide bonds. The first-order chi connectivity index (χ1) is 12.8. The number of fused-ring (bicyclic) bond motifs is 1. The monoisotopic (exact) mass is 378 g/mol. The zero-order valence-corrected chi connectivity index (χ0v) is 15.3. The van der Waals surface area contributed by atoms with E-state index in [1.165, 1.54) is 6.08 Å². The van der Waals surface area contributed by atoms with E-state index in [-0.39, 0.29) is 6.61 Å². The lowest BCUT2D eigenvalue weighted by atomic mass is 10.1. The van der Waals surface area contributed by atoms with Crippen molar-refractivity contribution in [2.24, 2.45) is 0 Å². The Morgan fingerprint density at radius 3 is 2.92 bits per heavy atom. The number of thiophene rings is 1. The number of rotatable bonds is 5. The van der Waals surface area contributed by atoms with Crippen molar-refractivity contribution in [3.8, 4) is 9.88 Å². The van der Waals surface area contributed by atoms with E-state index >= 15 is 0 Å². The zero-order chi connectivity index (χ0) is 17.8. The van der Waals surface area contributed by atoms with Crippen LogP contribution in [-0.4, -0.2) is 15.9 Å². The number of aromatic nitrogens is 2. The number of para-hydroxylation sites is 1. The predicted octanol–water partition coefficient (Wildman–Crippen LogP) is 5.18. The SMILES string of the molecule is O=C(/C=C/c1cccc2cccnc12)OCc1csc(-c2cccs2)n1. The summed E-state index contributed by atoms with van der Waals surface area (Å²) in [5.41, 5.74) is 2.50. The second kappa shape index (κ2) is 7.59. The Kier molecular flexibility index (Phi) is 4.86. The number of thiazole rings is 1. The number of hydrogen-bond acceptors (Lipinski definition) is 6. The van der Waals surface area contributed by atoms with E-state index in [1.54, 1.807) is 34.9 Å². The third kappa shape index (κ3) is 3.71. The number of ether oxygens (including phenoxy) is 1. The van der Waals surface area contributed by atoms with Crippen LogP contribution in [0.4, 0.5) is 0 Å². The summed E-state index contributed by atoms with van der Waals surface area (Å²) in [5, 5.41) is 5.92. The fourth-order valence-electron chi connectivity index (χ4n) is 2.50. The Morgan fingerprint density at radius 2 is 2.04 bits per heavy atom. The van der Waals surface area contributed by atoms with Crippen LogP contribution in [0, 0.1) is 0 Å². The van der Waals surface area contributed by atoms with Crippen LogP contribution in [0.5, 0.6) is 0 Å². The quantitative estimate of drug-likeness (QED) is 0.355. The van der Waals surface area contributed by atoms with Crippen molar-refractivity contribution in [3.05, 3.63) is 76.8 Å². The normalized spacial score (nSPS) is 11.2. The van der Waals surface area contributed by atoms with Crippen LogP contribution in [0.1, 0.15) is 11.3 Å². The molecule has 6 heteroatoms. The second-order valence-electron chi connectivity index (χ2n) is 5.48. The van der Waals surface area contributed by atoms with E-state index in [9.17, 15) is 4.79 Å². The molecule has 1 aromatic carbocycles. The molecule has 4 rings (SSSR count). The minimum Gasteiger partial charge on any atom is -0.456 e. The summed E-state index contributed by atoms with van der Waals surface area (Å²) in [6, 6.07) is 13.8. The highest BCUT2D eigenvalue weighted by atomic mass is 32.1. The summed E-state index contributed by atoms with van der Waals surface area (Å²) < 4.78 is 5.29. The molecule has 0 N–H and O–H groups in total. The van der Waals surface area contributed by atoms with Crippen molar-refractivity contribution in [2.45, 2.75) is 6.61 Å². The van der Waals surface area contributed by atoms with Crippen LogP contribution in [0.3, 0.4) is 0 Å². The van der Waals surface area contributed by atoms with Gasteiger partial charge in [-0.2, -0.15) is 0 Å². The van der Waals surface area contributed by atoms with Crippen LogP contribution >= 0.6 is 22.7 Å². The van der Waals surface area contributed by atoms with Gasteiger partial charge in [0.2, 0.25) is 0 Å². The lowest BCUT2D eigenvalue weighted by Crippen LogP contribution is -2.01. The smallest absolute Gasteiger partial charge is 0.331 e. The molecular weight excluding hydrogens is 364 g/mol. The molecule has 0 fully saturated rings. The number of nitrogens with zero attached hydrogens (tertiary/aromatic N) is 2. The van der Waals surface area contributed by atoms with Crippen LogP contribution in [0.15, 0.2) is 65.5 Å². The van der Waals surface area contributed by atoms with E-state index in [0.717, 1.165) is 32.0 Å². The fourth-order valence-corrected chi connectivity index (χ4v) is 4.12. The number of carbonyl (C=O) groups excluding carboxylic acids is 1. The Balaban J connectivity index is 1.40. The average Bonchev–Trinajstić information content (AvgIpc) is 3.36. The third-order valence-electron chi connectivity index (χ3n) is 3.71. The van der Waals surface area contributed by atoms with Crippen molar-refractivity contribution in [1.82, 2.24) is 9.97 Å². The maximum Gasteiger partial charge on any atom is 0.331 e. The third-order valence-corrected chi connectivity index (χ3v) is 5.64. The molecule has 0 aliphatic rings. The summed E-state index contributed by atoms with van der Waals surface area (Å²) in [7, 11) is 0. The van der Waals surface area contributed by atoms with Gasteiger partial charge in [0.25, 0.3) is 0 Å². The van der Waals surface area contributed by atoms with Crippen molar-refractivity contribution in [2.75, 3.05) is 0 Å². The number of benzene rings is 1. The lowest BCUT2D eigenvalue weighted by Gasteiger charge is -2.01. The Morgan fingerprint density at radius 1 is 1.12 bits per heavy atom. The molecule has 0 aliphatic heterocycles. The van der Waals surface area contributed by atoms with Gasteiger partial charge in [-0.25, -0.2) is 9.78 Å². The molecule has 128 valence electrons. The van der Waals surface area contributed by atoms with E-state index < -0.39 is 5.97 Å². The van der Waals surface area contributed by atoms with Crippen LogP contribution in [0.25, 0.3) is 26.9 Å². The van der Waals surface area contributed by atoms with Crippen molar-refractivity contribution < 1.29 is 9.53 Å². The molecule has 0 aliphatic carbocycles. The van der Waals surface area contributed by atoms with E-state index in [4.69, 9.17) is 4.74 Å². The molecule has 0 unspecified atom stereocenters. The summed E-state index contributed by atoms with van der Waals surface area (Å²) in [4.78, 5) is 22.0. The predicted molar refractivity (Wildman–Crippen MR) is 106 cm³/mol. The van der Waals surface area contributed by atoms with Crippen molar-refractivity contribution >= 4 is 45.6 Å². The van der Waals surface area contributed by atoms with Crippen molar-refractivity contribution in [1.29, 1.82) is 0 Å². The molecule has 4 aromatic rings. The number of carbonyl (C=O) groups is 1. The molecule has 0 atom stereocenters. The standard InChI is InChI=1S/C20H14N2O2S2/c23-18(9-8-15-5-1-4-14-6-2-10-21-19(14)15)24-12-16-13-26-20(22-16)17-7-3-11-25-17/h1-11,13H,12H2/b9-8+. The fraction of sp³-hybridized carbons (Fsp3) is 0.0500. The number of pyridine rings is 1.